The monoisotopic (exact) mass is 261 g/mol. The predicted molar refractivity (Wildman–Crippen MR) is 76.0 cm³/mol. The summed E-state index contributed by atoms with van der Waals surface area (Å²) in [7, 11) is 0. The minimum absolute atomic E-state index is 0.116. The zero-order chi connectivity index (χ0) is 13.0. The van der Waals surface area contributed by atoms with Crippen LogP contribution in [0, 0.1) is 13.8 Å². The highest BCUT2D eigenvalue weighted by molar-refractivity contribution is 7.10. The van der Waals surface area contributed by atoms with Crippen molar-refractivity contribution in [2.45, 2.75) is 33.2 Å². The van der Waals surface area contributed by atoms with E-state index in [1.807, 2.05) is 19.3 Å². The SMILES string of the molecule is CCCNC(c1ncc(C)cn1)c1sccc1C. The Labute approximate surface area is 112 Å². The zero-order valence-corrected chi connectivity index (χ0v) is 11.9. The molecule has 0 aliphatic heterocycles. The molecule has 96 valence electrons. The van der Waals surface area contributed by atoms with Crippen molar-refractivity contribution in [1.82, 2.24) is 15.3 Å². The fraction of sp³-hybridized carbons (Fsp3) is 0.429. The molecule has 2 heterocycles. The standard InChI is InChI=1S/C14H19N3S/c1-4-6-15-12(13-11(3)5-7-18-13)14-16-8-10(2)9-17-14/h5,7-9,12,15H,4,6H2,1-3H3. The summed E-state index contributed by atoms with van der Waals surface area (Å²) in [6, 6.07) is 2.26. The zero-order valence-electron chi connectivity index (χ0n) is 11.1. The molecule has 2 rings (SSSR count). The molecular formula is C14H19N3S. The highest BCUT2D eigenvalue weighted by atomic mass is 32.1. The lowest BCUT2D eigenvalue weighted by Crippen LogP contribution is -2.24. The Bertz CT molecular complexity index is 490. The molecule has 2 aromatic heterocycles. The average molecular weight is 261 g/mol. The van der Waals surface area contributed by atoms with Crippen LogP contribution in [-0.2, 0) is 0 Å². The lowest BCUT2D eigenvalue weighted by Gasteiger charge is -2.17. The number of hydrogen-bond acceptors (Lipinski definition) is 4. The Morgan fingerprint density at radius 2 is 2.00 bits per heavy atom. The summed E-state index contributed by atoms with van der Waals surface area (Å²) in [5.74, 6) is 0.861. The van der Waals surface area contributed by atoms with Crippen molar-refractivity contribution in [2.75, 3.05) is 6.54 Å². The molecule has 0 saturated carbocycles. The van der Waals surface area contributed by atoms with Crippen LogP contribution in [0.4, 0.5) is 0 Å². The fourth-order valence-electron chi connectivity index (χ4n) is 1.82. The Morgan fingerprint density at radius 3 is 2.56 bits per heavy atom. The second-order valence-electron chi connectivity index (χ2n) is 4.47. The van der Waals surface area contributed by atoms with E-state index in [1.54, 1.807) is 11.3 Å². The largest absolute Gasteiger partial charge is 0.303 e. The first-order chi connectivity index (χ1) is 8.72. The molecule has 3 nitrogen and oxygen atoms in total. The summed E-state index contributed by atoms with van der Waals surface area (Å²) < 4.78 is 0. The highest BCUT2D eigenvalue weighted by Gasteiger charge is 2.19. The van der Waals surface area contributed by atoms with Crippen LogP contribution < -0.4 is 5.32 Å². The third-order valence-corrected chi connectivity index (χ3v) is 3.91. The summed E-state index contributed by atoms with van der Waals surface area (Å²) in [4.78, 5) is 10.2. The van der Waals surface area contributed by atoms with Gasteiger partial charge >= 0.3 is 0 Å². The van der Waals surface area contributed by atoms with Crippen LogP contribution in [-0.4, -0.2) is 16.5 Å². The fourth-order valence-corrected chi connectivity index (χ4v) is 2.82. The van der Waals surface area contributed by atoms with E-state index in [9.17, 15) is 0 Å². The van der Waals surface area contributed by atoms with Crippen molar-refractivity contribution >= 4 is 11.3 Å². The van der Waals surface area contributed by atoms with Crippen LogP contribution in [0.15, 0.2) is 23.8 Å². The molecule has 18 heavy (non-hydrogen) atoms. The normalized spacial score (nSPS) is 12.6. The smallest absolute Gasteiger partial charge is 0.150 e. The first-order valence-electron chi connectivity index (χ1n) is 6.28. The molecule has 0 amide bonds. The molecule has 0 aromatic carbocycles. The van der Waals surface area contributed by atoms with Gasteiger partial charge in [-0.2, -0.15) is 0 Å². The van der Waals surface area contributed by atoms with E-state index >= 15 is 0 Å². The average Bonchev–Trinajstić information content (AvgIpc) is 2.78. The van der Waals surface area contributed by atoms with Crippen LogP contribution >= 0.6 is 11.3 Å². The highest BCUT2D eigenvalue weighted by Crippen LogP contribution is 2.27. The number of nitrogens with one attached hydrogen (secondary N) is 1. The van der Waals surface area contributed by atoms with Crippen molar-refractivity contribution < 1.29 is 0 Å². The van der Waals surface area contributed by atoms with Crippen LogP contribution in [0.25, 0.3) is 0 Å². The van der Waals surface area contributed by atoms with Crippen molar-refractivity contribution in [3.63, 3.8) is 0 Å². The first-order valence-corrected chi connectivity index (χ1v) is 7.16. The Balaban J connectivity index is 2.30. The Morgan fingerprint density at radius 1 is 1.28 bits per heavy atom. The maximum absolute atomic E-state index is 4.46. The second-order valence-corrected chi connectivity index (χ2v) is 5.42. The lowest BCUT2D eigenvalue weighted by molar-refractivity contribution is 0.576. The molecule has 1 atom stereocenters. The molecule has 0 aliphatic carbocycles. The van der Waals surface area contributed by atoms with Gasteiger partial charge in [0.1, 0.15) is 11.9 Å². The maximum atomic E-state index is 4.46. The van der Waals surface area contributed by atoms with E-state index in [-0.39, 0.29) is 6.04 Å². The van der Waals surface area contributed by atoms with Crippen LogP contribution in [0.1, 0.15) is 41.2 Å². The number of hydrogen-bond donors (Lipinski definition) is 1. The van der Waals surface area contributed by atoms with Gasteiger partial charge in [0, 0.05) is 17.3 Å². The third kappa shape index (κ3) is 2.94. The van der Waals surface area contributed by atoms with Crippen LogP contribution in [0.2, 0.25) is 0 Å². The van der Waals surface area contributed by atoms with Gasteiger partial charge in [-0.1, -0.05) is 6.92 Å². The summed E-state index contributed by atoms with van der Waals surface area (Å²) in [6.07, 6.45) is 4.87. The lowest BCUT2D eigenvalue weighted by atomic mass is 10.1. The number of aromatic nitrogens is 2. The van der Waals surface area contributed by atoms with E-state index in [2.05, 4.69) is 40.6 Å². The van der Waals surface area contributed by atoms with Crippen molar-refractivity contribution in [1.29, 1.82) is 0 Å². The van der Waals surface area contributed by atoms with E-state index in [1.165, 1.54) is 10.4 Å². The van der Waals surface area contributed by atoms with Gasteiger partial charge in [-0.05, 0) is 49.4 Å². The first kappa shape index (κ1) is 13.2. The minimum atomic E-state index is 0.116. The van der Waals surface area contributed by atoms with Gasteiger partial charge < -0.3 is 5.32 Å². The van der Waals surface area contributed by atoms with Crippen molar-refractivity contribution in [3.05, 3.63) is 45.7 Å². The van der Waals surface area contributed by atoms with Gasteiger partial charge in [-0.25, -0.2) is 9.97 Å². The molecule has 0 spiro atoms. The third-order valence-electron chi connectivity index (χ3n) is 2.82. The summed E-state index contributed by atoms with van der Waals surface area (Å²) in [5.41, 5.74) is 2.40. The van der Waals surface area contributed by atoms with E-state index in [0.29, 0.717) is 0 Å². The number of nitrogens with zero attached hydrogens (tertiary/aromatic N) is 2. The molecule has 0 aliphatic rings. The molecule has 0 fully saturated rings. The van der Waals surface area contributed by atoms with Gasteiger partial charge in [0.2, 0.25) is 0 Å². The molecule has 0 saturated heterocycles. The maximum Gasteiger partial charge on any atom is 0.150 e. The van der Waals surface area contributed by atoms with E-state index in [4.69, 9.17) is 0 Å². The van der Waals surface area contributed by atoms with Gasteiger partial charge in [0.05, 0.1) is 0 Å². The van der Waals surface area contributed by atoms with Crippen LogP contribution in [0.3, 0.4) is 0 Å². The molecule has 1 unspecified atom stereocenters. The van der Waals surface area contributed by atoms with Gasteiger partial charge in [0.15, 0.2) is 0 Å². The second kappa shape index (κ2) is 6.07. The number of aryl methyl sites for hydroxylation is 2. The van der Waals surface area contributed by atoms with Gasteiger partial charge in [-0.3, -0.25) is 0 Å². The van der Waals surface area contributed by atoms with Crippen molar-refractivity contribution in [3.8, 4) is 0 Å². The number of rotatable bonds is 5. The molecule has 0 bridgehead atoms. The Hall–Kier alpha value is -1.26. The van der Waals surface area contributed by atoms with Crippen molar-refractivity contribution in [2.24, 2.45) is 0 Å². The molecular weight excluding hydrogens is 242 g/mol. The Kier molecular flexibility index (Phi) is 4.44. The summed E-state index contributed by atoms with van der Waals surface area (Å²) in [6.45, 7) is 7.29. The van der Waals surface area contributed by atoms with Crippen LogP contribution in [0.5, 0.6) is 0 Å². The molecule has 0 radical (unpaired) electrons. The molecule has 2 aromatic rings. The minimum Gasteiger partial charge on any atom is -0.303 e. The summed E-state index contributed by atoms with van der Waals surface area (Å²) >= 11 is 1.76. The van der Waals surface area contributed by atoms with E-state index in [0.717, 1.165) is 24.4 Å². The van der Waals surface area contributed by atoms with Gasteiger partial charge in [0.25, 0.3) is 0 Å². The molecule has 1 N–H and O–H groups in total. The quantitative estimate of drug-likeness (QED) is 0.898. The topological polar surface area (TPSA) is 37.8 Å². The summed E-state index contributed by atoms with van der Waals surface area (Å²) in [5, 5.41) is 5.66. The number of thiophene rings is 1. The predicted octanol–water partition coefficient (Wildman–Crippen LogP) is 3.24. The van der Waals surface area contributed by atoms with E-state index < -0.39 is 0 Å². The van der Waals surface area contributed by atoms with Gasteiger partial charge in [-0.15, -0.1) is 11.3 Å². The molecule has 4 heteroatoms.